The van der Waals surface area contributed by atoms with Gasteiger partial charge in [-0.25, -0.2) is 8.42 Å². The molecule has 1 aliphatic rings. The van der Waals surface area contributed by atoms with Crippen LogP contribution in [0.2, 0.25) is 0 Å². The predicted octanol–water partition coefficient (Wildman–Crippen LogP) is 4.40. The number of rotatable bonds is 7. The highest BCUT2D eigenvalue weighted by molar-refractivity contribution is 7.92. The maximum Gasteiger partial charge on any atom is 0.261 e. The minimum absolute atomic E-state index is 0.0792. The minimum Gasteiger partial charge on any atom is -0.484 e. The number of carbonyl (C=O) groups is 1. The minimum atomic E-state index is -3.69. The van der Waals surface area contributed by atoms with Gasteiger partial charge in [-0.2, -0.15) is 0 Å². The molecule has 6 nitrogen and oxygen atoms in total. The Balaban J connectivity index is 1.51. The average molecular weight is 431 g/mol. The summed E-state index contributed by atoms with van der Waals surface area (Å²) < 4.78 is 33.2. The summed E-state index contributed by atoms with van der Waals surface area (Å²) in [5, 5.41) is 3.05. The summed E-state index contributed by atoms with van der Waals surface area (Å²) in [6, 6.07) is 13.5. The number of aryl methyl sites for hydroxylation is 1. The Kier molecular flexibility index (Phi) is 7.74. The van der Waals surface area contributed by atoms with Crippen molar-refractivity contribution in [1.82, 2.24) is 5.32 Å². The van der Waals surface area contributed by atoms with Crippen molar-refractivity contribution < 1.29 is 17.9 Å². The number of carbonyl (C=O) groups excluding carboxylic acids is 1. The molecule has 1 amide bonds. The van der Waals surface area contributed by atoms with Gasteiger partial charge in [-0.3, -0.25) is 9.52 Å². The number of anilines is 1. The lowest BCUT2D eigenvalue weighted by atomic mass is 9.97. The summed E-state index contributed by atoms with van der Waals surface area (Å²) in [4.78, 5) is 12.3. The van der Waals surface area contributed by atoms with E-state index in [-0.39, 0.29) is 23.5 Å². The Morgan fingerprint density at radius 2 is 1.67 bits per heavy atom. The van der Waals surface area contributed by atoms with Gasteiger partial charge in [0.1, 0.15) is 5.75 Å². The number of hydrogen-bond donors (Lipinski definition) is 2. The summed E-state index contributed by atoms with van der Waals surface area (Å²) in [6.07, 6.45) is 8.10. The third kappa shape index (κ3) is 6.76. The quantitative estimate of drug-likeness (QED) is 0.682. The van der Waals surface area contributed by atoms with E-state index in [2.05, 4.69) is 10.0 Å². The van der Waals surface area contributed by atoms with E-state index < -0.39 is 10.0 Å². The standard InChI is InChI=1S/C23H30N2O4S/c1-18-8-7-11-20(16-18)25-30(27,28)22-14-12-21(13-15-22)29-17-23(26)24-19-9-5-3-2-4-6-10-19/h7-8,11-16,19,25H,2-6,9-10,17H2,1H3,(H,24,26). The molecule has 30 heavy (non-hydrogen) atoms. The van der Waals surface area contributed by atoms with Crippen molar-refractivity contribution in [2.75, 3.05) is 11.3 Å². The zero-order valence-corrected chi connectivity index (χ0v) is 18.2. The Morgan fingerprint density at radius 1 is 1.00 bits per heavy atom. The van der Waals surface area contributed by atoms with Crippen LogP contribution in [0.1, 0.15) is 50.5 Å². The highest BCUT2D eigenvalue weighted by atomic mass is 32.2. The van der Waals surface area contributed by atoms with Crippen LogP contribution in [0, 0.1) is 6.92 Å². The van der Waals surface area contributed by atoms with Crippen molar-refractivity contribution in [3.63, 3.8) is 0 Å². The molecule has 2 aromatic carbocycles. The van der Waals surface area contributed by atoms with E-state index in [0.717, 1.165) is 31.2 Å². The molecule has 7 heteroatoms. The molecule has 0 unspecified atom stereocenters. The molecule has 0 radical (unpaired) electrons. The summed E-state index contributed by atoms with van der Waals surface area (Å²) in [5.74, 6) is 0.315. The van der Waals surface area contributed by atoms with Crippen molar-refractivity contribution in [2.24, 2.45) is 0 Å². The van der Waals surface area contributed by atoms with E-state index >= 15 is 0 Å². The first-order valence-corrected chi connectivity index (χ1v) is 12.0. The van der Waals surface area contributed by atoms with Gasteiger partial charge in [0.15, 0.2) is 6.61 Å². The van der Waals surface area contributed by atoms with Crippen molar-refractivity contribution in [3.8, 4) is 5.75 Å². The first-order chi connectivity index (χ1) is 14.4. The summed E-state index contributed by atoms with van der Waals surface area (Å²) in [5.41, 5.74) is 1.48. The van der Waals surface area contributed by atoms with Crippen LogP contribution in [0.3, 0.4) is 0 Å². The molecule has 0 aromatic heterocycles. The summed E-state index contributed by atoms with van der Waals surface area (Å²) in [6.45, 7) is 1.82. The third-order valence-corrected chi connectivity index (χ3v) is 6.64. The van der Waals surface area contributed by atoms with Crippen LogP contribution < -0.4 is 14.8 Å². The van der Waals surface area contributed by atoms with E-state index in [0.29, 0.717) is 11.4 Å². The molecule has 0 saturated heterocycles. The van der Waals surface area contributed by atoms with Crippen LogP contribution in [0.4, 0.5) is 5.69 Å². The SMILES string of the molecule is Cc1cccc(NS(=O)(=O)c2ccc(OCC(=O)NC3CCCCCCC3)cc2)c1. The summed E-state index contributed by atoms with van der Waals surface area (Å²) in [7, 11) is -3.69. The third-order valence-electron chi connectivity index (χ3n) is 5.24. The normalized spacial score (nSPS) is 15.6. The van der Waals surface area contributed by atoms with Crippen molar-refractivity contribution in [1.29, 1.82) is 0 Å². The number of amides is 1. The maximum absolute atomic E-state index is 12.5. The van der Waals surface area contributed by atoms with Crippen molar-refractivity contribution >= 4 is 21.6 Å². The first-order valence-electron chi connectivity index (χ1n) is 10.5. The van der Waals surface area contributed by atoms with Gasteiger partial charge < -0.3 is 10.1 Å². The molecule has 0 bridgehead atoms. The lowest BCUT2D eigenvalue weighted by Crippen LogP contribution is -2.38. The molecule has 2 N–H and O–H groups in total. The van der Waals surface area contributed by atoms with Crippen molar-refractivity contribution in [3.05, 3.63) is 54.1 Å². The van der Waals surface area contributed by atoms with Crippen LogP contribution >= 0.6 is 0 Å². The zero-order valence-electron chi connectivity index (χ0n) is 17.4. The van der Waals surface area contributed by atoms with E-state index in [4.69, 9.17) is 4.74 Å². The topological polar surface area (TPSA) is 84.5 Å². The smallest absolute Gasteiger partial charge is 0.261 e. The van der Waals surface area contributed by atoms with Crippen LogP contribution in [0.25, 0.3) is 0 Å². The second-order valence-corrected chi connectivity index (χ2v) is 9.53. The van der Waals surface area contributed by atoms with Crippen molar-refractivity contribution in [2.45, 2.75) is 62.8 Å². The zero-order chi connectivity index (χ0) is 21.4. The first kappa shape index (κ1) is 22.2. The fourth-order valence-corrected chi connectivity index (χ4v) is 4.71. The lowest BCUT2D eigenvalue weighted by molar-refractivity contribution is -0.123. The maximum atomic E-state index is 12.5. The fourth-order valence-electron chi connectivity index (χ4n) is 3.66. The Hall–Kier alpha value is -2.54. The monoisotopic (exact) mass is 430 g/mol. The van der Waals surface area contributed by atoms with E-state index in [9.17, 15) is 13.2 Å². The van der Waals surface area contributed by atoms with E-state index in [1.165, 1.54) is 31.4 Å². The molecular formula is C23H30N2O4S. The van der Waals surface area contributed by atoms with Crippen LogP contribution in [-0.2, 0) is 14.8 Å². The predicted molar refractivity (Wildman–Crippen MR) is 118 cm³/mol. The second kappa shape index (κ2) is 10.5. The molecule has 0 heterocycles. The Labute approximate surface area is 179 Å². The highest BCUT2D eigenvalue weighted by Gasteiger charge is 2.16. The van der Waals surface area contributed by atoms with Crippen LogP contribution in [0.5, 0.6) is 5.75 Å². The number of sulfonamides is 1. The molecule has 2 aromatic rings. The number of ether oxygens (including phenoxy) is 1. The van der Waals surface area contributed by atoms with Gasteiger partial charge in [0.05, 0.1) is 4.90 Å². The highest BCUT2D eigenvalue weighted by Crippen LogP contribution is 2.20. The molecule has 162 valence electrons. The molecule has 1 fully saturated rings. The van der Waals surface area contributed by atoms with Gasteiger partial charge in [0.25, 0.3) is 15.9 Å². The van der Waals surface area contributed by atoms with Gasteiger partial charge in [0.2, 0.25) is 0 Å². The van der Waals surface area contributed by atoms with Gasteiger partial charge >= 0.3 is 0 Å². The van der Waals surface area contributed by atoms with Gasteiger partial charge in [-0.1, -0.05) is 44.2 Å². The molecule has 0 spiro atoms. The van der Waals surface area contributed by atoms with Crippen LogP contribution in [-0.4, -0.2) is 27.0 Å². The molecule has 0 aliphatic heterocycles. The molecule has 1 saturated carbocycles. The Bertz CT molecular complexity index is 934. The number of nitrogens with one attached hydrogen (secondary N) is 2. The molecular weight excluding hydrogens is 400 g/mol. The van der Waals surface area contributed by atoms with Gasteiger partial charge in [0, 0.05) is 11.7 Å². The second-order valence-electron chi connectivity index (χ2n) is 7.84. The van der Waals surface area contributed by atoms with Gasteiger partial charge in [-0.15, -0.1) is 0 Å². The number of hydrogen-bond acceptors (Lipinski definition) is 4. The summed E-state index contributed by atoms with van der Waals surface area (Å²) >= 11 is 0. The largest absolute Gasteiger partial charge is 0.484 e. The molecule has 1 aliphatic carbocycles. The number of benzene rings is 2. The fraction of sp³-hybridized carbons (Fsp3) is 0.435. The lowest BCUT2D eigenvalue weighted by Gasteiger charge is -2.21. The molecule has 0 atom stereocenters. The van der Waals surface area contributed by atoms with Gasteiger partial charge in [-0.05, 0) is 61.7 Å². The molecule has 3 rings (SSSR count). The van der Waals surface area contributed by atoms with Crippen LogP contribution in [0.15, 0.2) is 53.4 Å². The average Bonchev–Trinajstić information content (AvgIpc) is 2.68. The Morgan fingerprint density at radius 3 is 2.33 bits per heavy atom. The van der Waals surface area contributed by atoms with E-state index in [1.54, 1.807) is 30.3 Å². The van der Waals surface area contributed by atoms with E-state index in [1.807, 2.05) is 13.0 Å².